The van der Waals surface area contributed by atoms with Gasteiger partial charge in [-0.05, 0) is 31.2 Å². The molecule has 0 aliphatic carbocycles. The molecule has 2 rings (SSSR count). The lowest BCUT2D eigenvalue weighted by atomic mass is 10.1. The van der Waals surface area contributed by atoms with E-state index >= 15 is 0 Å². The van der Waals surface area contributed by atoms with E-state index in [0.717, 1.165) is 17.7 Å². The fourth-order valence-electron chi connectivity index (χ4n) is 1.91. The molecule has 4 heteroatoms. The fourth-order valence-corrected chi connectivity index (χ4v) is 1.91. The Labute approximate surface area is 110 Å². The van der Waals surface area contributed by atoms with Crippen molar-refractivity contribution in [2.75, 3.05) is 0 Å². The molecule has 2 nitrogen and oxygen atoms in total. The molecular weight excluding hydrogens is 248 g/mol. The summed E-state index contributed by atoms with van der Waals surface area (Å²) in [5, 5.41) is 12.8. The fraction of sp³-hybridized carbons (Fsp3) is 0.200. The maximum Gasteiger partial charge on any atom is 0.127 e. The zero-order chi connectivity index (χ0) is 13.8. The number of rotatable bonds is 4. The summed E-state index contributed by atoms with van der Waals surface area (Å²) in [5.41, 5.74) is 0.988. The SMILES string of the molecule is CC(NCc1cc(F)ccc1F)c1ccccc1O. The Morgan fingerprint density at radius 3 is 2.63 bits per heavy atom. The Kier molecular flexibility index (Phi) is 4.12. The van der Waals surface area contributed by atoms with Crippen molar-refractivity contribution < 1.29 is 13.9 Å². The highest BCUT2D eigenvalue weighted by Gasteiger charge is 2.10. The van der Waals surface area contributed by atoms with Crippen LogP contribution in [0.25, 0.3) is 0 Å². The highest BCUT2D eigenvalue weighted by atomic mass is 19.1. The van der Waals surface area contributed by atoms with Crippen LogP contribution in [-0.2, 0) is 6.54 Å². The van der Waals surface area contributed by atoms with Gasteiger partial charge in [0.05, 0.1) is 0 Å². The molecule has 1 atom stereocenters. The average Bonchev–Trinajstić information content (AvgIpc) is 2.40. The van der Waals surface area contributed by atoms with Crippen molar-refractivity contribution in [3.8, 4) is 5.75 Å². The number of phenols is 1. The summed E-state index contributed by atoms with van der Waals surface area (Å²) in [4.78, 5) is 0. The van der Waals surface area contributed by atoms with Gasteiger partial charge in [-0.2, -0.15) is 0 Å². The second-order valence-corrected chi connectivity index (χ2v) is 4.40. The van der Waals surface area contributed by atoms with Gasteiger partial charge in [0.1, 0.15) is 17.4 Å². The van der Waals surface area contributed by atoms with E-state index in [9.17, 15) is 13.9 Å². The summed E-state index contributed by atoms with van der Waals surface area (Å²) >= 11 is 0. The molecule has 2 aromatic rings. The molecule has 0 amide bonds. The van der Waals surface area contributed by atoms with E-state index in [1.165, 1.54) is 6.07 Å². The number of hydrogen-bond donors (Lipinski definition) is 2. The van der Waals surface area contributed by atoms with Crippen LogP contribution in [-0.4, -0.2) is 5.11 Å². The average molecular weight is 263 g/mol. The third kappa shape index (κ3) is 3.29. The van der Waals surface area contributed by atoms with Crippen LogP contribution in [0.2, 0.25) is 0 Å². The third-order valence-electron chi connectivity index (χ3n) is 3.01. The van der Waals surface area contributed by atoms with E-state index in [4.69, 9.17) is 0 Å². The molecule has 0 aliphatic heterocycles. The predicted octanol–water partition coefficient (Wildman–Crippen LogP) is 3.52. The number of hydrogen-bond acceptors (Lipinski definition) is 2. The monoisotopic (exact) mass is 263 g/mol. The number of para-hydroxylation sites is 1. The first-order valence-corrected chi connectivity index (χ1v) is 6.03. The molecule has 1 unspecified atom stereocenters. The first-order valence-electron chi connectivity index (χ1n) is 6.03. The summed E-state index contributed by atoms with van der Waals surface area (Å²) in [7, 11) is 0. The van der Waals surface area contributed by atoms with Crippen LogP contribution < -0.4 is 5.32 Å². The zero-order valence-electron chi connectivity index (χ0n) is 10.5. The highest BCUT2D eigenvalue weighted by molar-refractivity contribution is 5.34. The number of nitrogens with one attached hydrogen (secondary N) is 1. The smallest absolute Gasteiger partial charge is 0.127 e. The van der Waals surface area contributed by atoms with Crippen molar-refractivity contribution in [2.45, 2.75) is 19.5 Å². The van der Waals surface area contributed by atoms with Crippen molar-refractivity contribution in [1.82, 2.24) is 5.32 Å². The van der Waals surface area contributed by atoms with Gasteiger partial charge in [0.2, 0.25) is 0 Å². The van der Waals surface area contributed by atoms with Crippen LogP contribution in [0.4, 0.5) is 8.78 Å². The van der Waals surface area contributed by atoms with Gasteiger partial charge < -0.3 is 10.4 Å². The van der Waals surface area contributed by atoms with Gasteiger partial charge >= 0.3 is 0 Å². The summed E-state index contributed by atoms with van der Waals surface area (Å²) in [5.74, 6) is -0.728. The molecule has 0 saturated heterocycles. The maximum atomic E-state index is 13.4. The molecule has 0 bridgehead atoms. The molecule has 0 fully saturated rings. The highest BCUT2D eigenvalue weighted by Crippen LogP contribution is 2.23. The van der Waals surface area contributed by atoms with E-state index in [0.29, 0.717) is 0 Å². The molecule has 100 valence electrons. The Morgan fingerprint density at radius 1 is 1.16 bits per heavy atom. The lowest BCUT2D eigenvalue weighted by Crippen LogP contribution is -2.19. The second kappa shape index (κ2) is 5.80. The molecule has 2 N–H and O–H groups in total. The molecule has 0 heterocycles. The summed E-state index contributed by atoms with van der Waals surface area (Å²) in [6, 6.07) is 10.1. The largest absolute Gasteiger partial charge is 0.508 e. The molecule has 0 aliphatic rings. The molecule has 0 spiro atoms. The van der Waals surface area contributed by atoms with Crippen molar-refractivity contribution in [2.24, 2.45) is 0 Å². The van der Waals surface area contributed by atoms with Gasteiger partial charge in [-0.15, -0.1) is 0 Å². The third-order valence-corrected chi connectivity index (χ3v) is 3.01. The van der Waals surface area contributed by atoms with E-state index in [1.54, 1.807) is 18.2 Å². The molecule has 0 aromatic heterocycles. The van der Waals surface area contributed by atoms with Crippen LogP contribution in [0, 0.1) is 11.6 Å². The van der Waals surface area contributed by atoms with Crippen LogP contribution in [0.5, 0.6) is 5.75 Å². The van der Waals surface area contributed by atoms with Crippen molar-refractivity contribution in [1.29, 1.82) is 0 Å². The van der Waals surface area contributed by atoms with E-state index in [2.05, 4.69) is 5.32 Å². The predicted molar refractivity (Wildman–Crippen MR) is 69.7 cm³/mol. The quantitative estimate of drug-likeness (QED) is 0.884. The van der Waals surface area contributed by atoms with E-state index in [-0.39, 0.29) is 23.9 Å². The Balaban J connectivity index is 2.06. The second-order valence-electron chi connectivity index (χ2n) is 4.40. The minimum absolute atomic E-state index is 0.163. The minimum atomic E-state index is -0.464. The number of aromatic hydroxyl groups is 1. The van der Waals surface area contributed by atoms with Crippen LogP contribution >= 0.6 is 0 Å². The summed E-state index contributed by atoms with van der Waals surface area (Å²) in [6.45, 7) is 2.05. The zero-order valence-corrected chi connectivity index (χ0v) is 10.5. The first kappa shape index (κ1) is 13.5. The molecule has 2 aromatic carbocycles. The topological polar surface area (TPSA) is 32.3 Å². The standard InChI is InChI=1S/C15H15F2NO/c1-10(13-4-2-3-5-15(13)19)18-9-11-8-12(16)6-7-14(11)17/h2-8,10,18-19H,9H2,1H3. The van der Waals surface area contributed by atoms with Crippen molar-refractivity contribution in [3.05, 3.63) is 65.2 Å². The molecule has 0 radical (unpaired) electrons. The molecule has 0 saturated carbocycles. The van der Waals surface area contributed by atoms with Crippen LogP contribution in [0.15, 0.2) is 42.5 Å². The lowest BCUT2D eigenvalue weighted by molar-refractivity contribution is 0.451. The van der Waals surface area contributed by atoms with Crippen molar-refractivity contribution in [3.63, 3.8) is 0 Å². The Bertz CT molecular complexity index is 572. The van der Waals surface area contributed by atoms with Crippen molar-refractivity contribution >= 4 is 0 Å². The lowest BCUT2D eigenvalue weighted by Gasteiger charge is -2.15. The Morgan fingerprint density at radius 2 is 1.89 bits per heavy atom. The van der Waals surface area contributed by atoms with Gasteiger partial charge in [-0.25, -0.2) is 8.78 Å². The maximum absolute atomic E-state index is 13.4. The molecular formula is C15H15F2NO. The minimum Gasteiger partial charge on any atom is -0.508 e. The van der Waals surface area contributed by atoms with Gasteiger partial charge in [-0.1, -0.05) is 18.2 Å². The van der Waals surface area contributed by atoms with Crippen LogP contribution in [0.3, 0.4) is 0 Å². The summed E-state index contributed by atoms with van der Waals surface area (Å²) in [6.07, 6.45) is 0. The normalized spacial score (nSPS) is 12.4. The van der Waals surface area contributed by atoms with E-state index in [1.807, 2.05) is 13.0 Å². The van der Waals surface area contributed by atoms with Gasteiger partial charge in [-0.3, -0.25) is 0 Å². The van der Waals surface area contributed by atoms with Crippen LogP contribution in [0.1, 0.15) is 24.1 Å². The molecule has 19 heavy (non-hydrogen) atoms. The first-order chi connectivity index (χ1) is 9.08. The Hall–Kier alpha value is -1.94. The van der Waals surface area contributed by atoms with Gasteiger partial charge in [0.25, 0.3) is 0 Å². The van der Waals surface area contributed by atoms with Gasteiger partial charge in [0, 0.05) is 23.7 Å². The number of phenolic OH excluding ortho intramolecular Hbond substituents is 1. The number of halogens is 2. The number of benzene rings is 2. The summed E-state index contributed by atoms with van der Waals surface area (Å²) < 4.78 is 26.5. The van der Waals surface area contributed by atoms with Gasteiger partial charge in [0.15, 0.2) is 0 Å². The van der Waals surface area contributed by atoms with E-state index < -0.39 is 11.6 Å².